The molecule has 0 saturated carbocycles. The Morgan fingerprint density at radius 1 is 1.08 bits per heavy atom. The Labute approximate surface area is 214 Å². The van der Waals surface area contributed by atoms with Gasteiger partial charge in [0, 0.05) is 4.91 Å². The molecule has 1 unspecified atom stereocenters. The van der Waals surface area contributed by atoms with Crippen LogP contribution < -0.4 is 0 Å². The quantitative estimate of drug-likeness (QED) is 0.145. The second-order valence-corrected chi connectivity index (χ2v) is 9.81. The van der Waals surface area contributed by atoms with Crippen LogP contribution in [0.4, 0.5) is 4.79 Å². The molecule has 11 nitrogen and oxygen atoms in total. The first-order valence-corrected chi connectivity index (χ1v) is 13.2. The lowest BCUT2D eigenvalue weighted by Gasteiger charge is -2.28. The summed E-state index contributed by atoms with van der Waals surface area (Å²) in [7, 11) is 0. The predicted molar refractivity (Wildman–Crippen MR) is 138 cm³/mol. The lowest BCUT2D eigenvalue weighted by Crippen LogP contribution is -2.46. The molecule has 0 aromatic carbocycles. The van der Waals surface area contributed by atoms with Crippen molar-refractivity contribution in [3.05, 3.63) is 10.4 Å². The Bertz CT molecular complexity index is 852. The highest BCUT2D eigenvalue weighted by Gasteiger charge is 2.41. The van der Waals surface area contributed by atoms with E-state index in [1.807, 2.05) is 27.7 Å². The fourth-order valence-electron chi connectivity index (χ4n) is 4.40. The summed E-state index contributed by atoms with van der Waals surface area (Å²) in [6.45, 7) is 13.2. The summed E-state index contributed by atoms with van der Waals surface area (Å²) in [6, 6.07) is -1.53. The van der Waals surface area contributed by atoms with E-state index in [9.17, 15) is 9.59 Å². The molecule has 1 saturated heterocycles. The number of cyclic esters (lactones) is 1. The van der Waals surface area contributed by atoms with E-state index in [0.717, 1.165) is 30.6 Å². The minimum atomic E-state index is -0.914. The maximum Gasteiger partial charge on any atom is 0.416 e. The average Bonchev–Trinajstić information content (AvgIpc) is 3.23. The summed E-state index contributed by atoms with van der Waals surface area (Å²) in [5.41, 5.74) is 8.96. The van der Waals surface area contributed by atoms with Gasteiger partial charge in [0.1, 0.15) is 24.7 Å². The molecule has 0 radical (unpaired) electrons. The molecular weight excluding hydrogens is 464 g/mol. The van der Waals surface area contributed by atoms with Gasteiger partial charge in [-0.05, 0) is 44.1 Å². The summed E-state index contributed by atoms with van der Waals surface area (Å²) in [6.07, 6.45) is 3.88. The highest BCUT2D eigenvalue weighted by atomic mass is 16.6. The number of aliphatic imine (C=N–C) groups is 2. The van der Waals surface area contributed by atoms with E-state index >= 15 is 0 Å². The van der Waals surface area contributed by atoms with Crippen LogP contribution >= 0.6 is 0 Å². The van der Waals surface area contributed by atoms with E-state index in [0.29, 0.717) is 37.9 Å². The summed E-state index contributed by atoms with van der Waals surface area (Å²) in [5, 5.41) is 3.68. The van der Waals surface area contributed by atoms with Crippen LogP contribution in [0.1, 0.15) is 80.1 Å². The standard InChI is InChI=1S/C25H42N6O5/c1-7-34-22-18(27-23(35-8-2)21(28-22)17(5)6)13-11-9-10-12-14-19(29-30-26)24(32)31-20(16(3)4)15-36-25(31)33/h16-21H,7-15H2,1-6H3/t18-,19?,20-,21+/m1/s1. The van der Waals surface area contributed by atoms with Gasteiger partial charge >= 0.3 is 6.09 Å². The number of rotatable bonds is 13. The number of hydrogen-bond donors (Lipinski definition) is 0. The van der Waals surface area contributed by atoms with Gasteiger partial charge in [-0.2, -0.15) is 0 Å². The van der Waals surface area contributed by atoms with Gasteiger partial charge in [0.2, 0.25) is 17.7 Å². The van der Waals surface area contributed by atoms with Crippen molar-refractivity contribution >= 4 is 23.8 Å². The SMILES string of the molecule is CCOC1=N[C@H](CCCCCCC(N=[N+]=[N-])C(=O)N2C(=O)OC[C@@H]2C(C)C)C(OCC)=N[C@H]1C(C)C. The summed E-state index contributed by atoms with van der Waals surface area (Å²) in [4.78, 5) is 38.7. The van der Waals surface area contributed by atoms with Gasteiger partial charge in [-0.3, -0.25) is 4.79 Å². The minimum absolute atomic E-state index is 0.0544. The zero-order valence-electron chi connectivity index (χ0n) is 22.6. The van der Waals surface area contributed by atoms with Crippen molar-refractivity contribution in [2.24, 2.45) is 26.9 Å². The van der Waals surface area contributed by atoms with Crippen LogP contribution in [0.3, 0.4) is 0 Å². The first kappa shape index (κ1) is 29.4. The highest BCUT2D eigenvalue weighted by molar-refractivity contribution is 5.96. The second-order valence-electron chi connectivity index (χ2n) is 9.81. The van der Waals surface area contributed by atoms with Gasteiger partial charge in [-0.15, -0.1) is 0 Å². The smallest absolute Gasteiger partial charge is 0.416 e. The van der Waals surface area contributed by atoms with Crippen molar-refractivity contribution in [1.29, 1.82) is 0 Å². The van der Waals surface area contributed by atoms with Crippen molar-refractivity contribution in [2.75, 3.05) is 19.8 Å². The van der Waals surface area contributed by atoms with Crippen LogP contribution in [0.2, 0.25) is 0 Å². The Kier molecular flexibility index (Phi) is 12.0. The molecule has 4 atom stereocenters. The number of imide groups is 1. The highest BCUT2D eigenvalue weighted by Crippen LogP contribution is 2.24. The molecule has 2 amide bonds. The molecule has 0 N–H and O–H groups in total. The molecule has 1 fully saturated rings. The van der Waals surface area contributed by atoms with Crippen molar-refractivity contribution in [2.45, 2.75) is 104 Å². The molecule has 202 valence electrons. The predicted octanol–water partition coefficient (Wildman–Crippen LogP) is 5.29. The van der Waals surface area contributed by atoms with E-state index in [-0.39, 0.29) is 36.6 Å². The third-order valence-corrected chi connectivity index (χ3v) is 6.40. The number of azide groups is 1. The average molecular weight is 507 g/mol. The van der Waals surface area contributed by atoms with Crippen LogP contribution in [-0.2, 0) is 19.0 Å². The van der Waals surface area contributed by atoms with Crippen LogP contribution in [0, 0.1) is 11.8 Å². The van der Waals surface area contributed by atoms with E-state index in [1.54, 1.807) is 0 Å². The summed E-state index contributed by atoms with van der Waals surface area (Å²) >= 11 is 0. The number of amides is 2. The van der Waals surface area contributed by atoms with Crippen LogP contribution in [0.25, 0.3) is 10.4 Å². The zero-order chi connectivity index (χ0) is 26.7. The fourth-order valence-corrected chi connectivity index (χ4v) is 4.40. The van der Waals surface area contributed by atoms with Gasteiger partial charge in [-0.25, -0.2) is 19.7 Å². The third kappa shape index (κ3) is 7.85. The van der Waals surface area contributed by atoms with E-state index in [4.69, 9.17) is 29.7 Å². The van der Waals surface area contributed by atoms with Crippen molar-refractivity contribution in [3.8, 4) is 0 Å². The first-order valence-electron chi connectivity index (χ1n) is 13.2. The molecule has 0 aliphatic carbocycles. The van der Waals surface area contributed by atoms with E-state index < -0.39 is 18.0 Å². The largest absolute Gasteiger partial charge is 0.480 e. The van der Waals surface area contributed by atoms with Gasteiger partial charge < -0.3 is 14.2 Å². The van der Waals surface area contributed by atoms with Crippen LogP contribution in [-0.4, -0.2) is 72.7 Å². The lowest BCUT2D eigenvalue weighted by molar-refractivity contribution is -0.131. The first-order chi connectivity index (χ1) is 17.2. The molecule has 0 bridgehead atoms. The van der Waals surface area contributed by atoms with Gasteiger partial charge in [0.25, 0.3) is 0 Å². The maximum atomic E-state index is 12.9. The molecule has 0 spiro atoms. The van der Waals surface area contributed by atoms with Gasteiger partial charge in [-0.1, -0.05) is 58.5 Å². The Morgan fingerprint density at radius 3 is 2.36 bits per heavy atom. The number of carbonyl (C=O) groups is 2. The van der Waals surface area contributed by atoms with Crippen molar-refractivity contribution in [3.63, 3.8) is 0 Å². The molecule has 2 rings (SSSR count). The van der Waals surface area contributed by atoms with E-state index in [1.165, 1.54) is 0 Å². The second kappa shape index (κ2) is 14.7. The normalized spacial score (nSPS) is 22.6. The molecule has 2 aliphatic rings. The monoisotopic (exact) mass is 506 g/mol. The summed E-state index contributed by atoms with van der Waals surface area (Å²) in [5.74, 6) is 1.18. The number of hydrogen-bond acceptors (Lipinski definition) is 8. The van der Waals surface area contributed by atoms with Crippen molar-refractivity contribution < 1.29 is 23.8 Å². The molecule has 2 heterocycles. The van der Waals surface area contributed by atoms with Gasteiger partial charge in [0.15, 0.2) is 0 Å². The number of unbranched alkanes of at least 4 members (excludes halogenated alkanes) is 3. The maximum absolute atomic E-state index is 12.9. The number of nitrogens with zero attached hydrogens (tertiary/aromatic N) is 6. The zero-order valence-corrected chi connectivity index (χ0v) is 22.6. The van der Waals surface area contributed by atoms with Crippen LogP contribution in [0.15, 0.2) is 15.1 Å². The van der Waals surface area contributed by atoms with Gasteiger partial charge in [0.05, 0.1) is 19.3 Å². The fraction of sp³-hybridized carbons (Fsp3) is 0.840. The topological polar surface area (TPSA) is 139 Å². The molecule has 0 aromatic heterocycles. The molecule has 2 aliphatic heterocycles. The molecule has 0 aromatic rings. The summed E-state index contributed by atoms with van der Waals surface area (Å²) < 4.78 is 16.7. The van der Waals surface area contributed by atoms with Crippen molar-refractivity contribution in [1.82, 2.24) is 4.90 Å². The Hall–Kier alpha value is -2.81. The third-order valence-electron chi connectivity index (χ3n) is 6.40. The Balaban J connectivity index is 1.88. The Morgan fingerprint density at radius 2 is 1.75 bits per heavy atom. The number of carbonyl (C=O) groups excluding carboxylic acids is 2. The molecule has 36 heavy (non-hydrogen) atoms. The lowest BCUT2D eigenvalue weighted by atomic mass is 10.00. The molecular formula is C25H42N6O5. The molecule has 11 heteroatoms. The minimum Gasteiger partial charge on any atom is -0.480 e. The number of ether oxygens (including phenoxy) is 3. The van der Waals surface area contributed by atoms with E-state index in [2.05, 4.69) is 23.9 Å². The van der Waals surface area contributed by atoms with Crippen LogP contribution in [0.5, 0.6) is 0 Å².